The fourth-order valence-electron chi connectivity index (χ4n) is 1.99. The van der Waals surface area contributed by atoms with Gasteiger partial charge >= 0.3 is 0 Å². The molecule has 0 aliphatic carbocycles. The lowest BCUT2D eigenvalue weighted by Crippen LogP contribution is -2.26. The van der Waals surface area contributed by atoms with Crippen LogP contribution in [0.5, 0.6) is 0 Å². The number of halogens is 1. The zero-order valence-corrected chi connectivity index (χ0v) is 10.5. The van der Waals surface area contributed by atoms with E-state index in [9.17, 15) is 4.39 Å². The van der Waals surface area contributed by atoms with E-state index in [0.29, 0.717) is 11.8 Å². The standard InChI is InChI=1S/C14H22FN/c1-4-11(2)13(10-16-3)9-12-5-7-14(15)8-6-12/h5-8,11,13,16H,4,9-10H2,1-3H3. The van der Waals surface area contributed by atoms with Gasteiger partial charge in [0.25, 0.3) is 0 Å². The van der Waals surface area contributed by atoms with Crippen molar-refractivity contribution in [2.24, 2.45) is 11.8 Å². The lowest BCUT2D eigenvalue weighted by atomic mass is 9.86. The van der Waals surface area contributed by atoms with Crippen molar-refractivity contribution >= 4 is 0 Å². The largest absolute Gasteiger partial charge is 0.319 e. The highest BCUT2D eigenvalue weighted by Gasteiger charge is 2.15. The first-order chi connectivity index (χ1) is 7.67. The van der Waals surface area contributed by atoms with E-state index in [-0.39, 0.29) is 5.82 Å². The van der Waals surface area contributed by atoms with E-state index in [0.717, 1.165) is 13.0 Å². The molecule has 0 amide bonds. The summed E-state index contributed by atoms with van der Waals surface area (Å²) in [4.78, 5) is 0. The summed E-state index contributed by atoms with van der Waals surface area (Å²) in [7, 11) is 1.99. The third-order valence-electron chi connectivity index (χ3n) is 3.33. The Morgan fingerprint density at radius 1 is 1.25 bits per heavy atom. The second kappa shape index (κ2) is 6.64. The van der Waals surface area contributed by atoms with E-state index in [1.807, 2.05) is 19.2 Å². The molecule has 2 unspecified atom stereocenters. The molecule has 90 valence electrons. The predicted octanol–water partition coefficient (Wildman–Crippen LogP) is 3.25. The topological polar surface area (TPSA) is 12.0 Å². The Morgan fingerprint density at radius 3 is 2.38 bits per heavy atom. The van der Waals surface area contributed by atoms with Crippen LogP contribution < -0.4 is 5.32 Å². The van der Waals surface area contributed by atoms with Crippen molar-refractivity contribution in [1.29, 1.82) is 0 Å². The monoisotopic (exact) mass is 223 g/mol. The molecule has 2 heteroatoms. The van der Waals surface area contributed by atoms with E-state index in [2.05, 4.69) is 19.2 Å². The summed E-state index contributed by atoms with van der Waals surface area (Å²) in [5, 5.41) is 3.24. The number of rotatable bonds is 6. The smallest absolute Gasteiger partial charge is 0.123 e. The summed E-state index contributed by atoms with van der Waals surface area (Å²) >= 11 is 0. The molecule has 0 radical (unpaired) electrons. The van der Waals surface area contributed by atoms with Crippen molar-refractivity contribution in [2.45, 2.75) is 26.7 Å². The van der Waals surface area contributed by atoms with Crippen molar-refractivity contribution < 1.29 is 4.39 Å². The van der Waals surface area contributed by atoms with E-state index in [1.54, 1.807) is 12.1 Å². The van der Waals surface area contributed by atoms with Crippen molar-refractivity contribution in [1.82, 2.24) is 5.32 Å². The van der Waals surface area contributed by atoms with Crippen LogP contribution in [0, 0.1) is 17.7 Å². The van der Waals surface area contributed by atoms with Gasteiger partial charge < -0.3 is 5.32 Å². The Bertz CT molecular complexity index is 294. The van der Waals surface area contributed by atoms with E-state index in [1.165, 1.54) is 12.0 Å². The maximum Gasteiger partial charge on any atom is 0.123 e. The fraction of sp³-hybridized carbons (Fsp3) is 0.571. The molecule has 1 nitrogen and oxygen atoms in total. The van der Waals surface area contributed by atoms with Crippen LogP contribution >= 0.6 is 0 Å². The predicted molar refractivity (Wildman–Crippen MR) is 67.0 cm³/mol. The highest BCUT2D eigenvalue weighted by atomic mass is 19.1. The van der Waals surface area contributed by atoms with Gasteiger partial charge in [0, 0.05) is 0 Å². The van der Waals surface area contributed by atoms with Gasteiger partial charge in [-0.2, -0.15) is 0 Å². The molecule has 0 aliphatic heterocycles. The molecule has 1 rings (SSSR count). The van der Waals surface area contributed by atoms with Gasteiger partial charge in [0.2, 0.25) is 0 Å². The summed E-state index contributed by atoms with van der Waals surface area (Å²) in [5.41, 5.74) is 1.22. The molecule has 0 spiro atoms. The minimum absolute atomic E-state index is 0.155. The summed E-state index contributed by atoms with van der Waals surface area (Å²) in [6.07, 6.45) is 2.21. The third kappa shape index (κ3) is 3.93. The first-order valence-electron chi connectivity index (χ1n) is 6.06. The van der Waals surface area contributed by atoms with Crippen LogP contribution in [-0.4, -0.2) is 13.6 Å². The van der Waals surface area contributed by atoms with Crippen LogP contribution in [0.1, 0.15) is 25.8 Å². The maximum absolute atomic E-state index is 12.8. The Kier molecular flexibility index (Phi) is 5.47. The molecule has 0 aromatic heterocycles. The van der Waals surface area contributed by atoms with E-state index >= 15 is 0 Å². The Balaban J connectivity index is 2.63. The van der Waals surface area contributed by atoms with Crippen molar-refractivity contribution in [3.63, 3.8) is 0 Å². The molecule has 0 bridgehead atoms. The molecule has 0 saturated carbocycles. The van der Waals surface area contributed by atoms with Crippen molar-refractivity contribution in [3.8, 4) is 0 Å². The number of hydrogen-bond acceptors (Lipinski definition) is 1. The van der Waals surface area contributed by atoms with Crippen LogP contribution in [0.25, 0.3) is 0 Å². The van der Waals surface area contributed by atoms with Gasteiger partial charge in [-0.1, -0.05) is 32.4 Å². The van der Waals surface area contributed by atoms with Crippen LogP contribution in [0.3, 0.4) is 0 Å². The highest BCUT2D eigenvalue weighted by Crippen LogP contribution is 2.19. The van der Waals surface area contributed by atoms with Gasteiger partial charge in [0.15, 0.2) is 0 Å². The van der Waals surface area contributed by atoms with E-state index in [4.69, 9.17) is 0 Å². The van der Waals surface area contributed by atoms with Gasteiger partial charge in [0.05, 0.1) is 0 Å². The summed E-state index contributed by atoms with van der Waals surface area (Å²) in [6, 6.07) is 6.87. The van der Waals surface area contributed by atoms with Crippen LogP contribution in [-0.2, 0) is 6.42 Å². The van der Waals surface area contributed by atoms with Gasteiger partial charge in [-0.25, -0.2) is 4.39 Å². The first-order valence-corrected chi connectivity index (χ1v) is 6.06. The van der Waals surface area contributed by atoms with Crippen LogP contribution in [0.4, 0.5) is 4.39 Å². The van der Waals surface area contributed by atoms with Crippen LogP contribution in [0.15, 0.2) is 24.3 Å². The summed E-state index contributed by atoms with van der Waals surface area (Å²) in [6.45, 7) is 5.52. The number of benzene rings is 1. The van der Waals surface area contributed by atoms with Crippen LogP contribution in [0.2, 0.25) is 0 Å². The SMILES string of the molecule is CCC(C)C(CNC)Cc1ccc(F)cc1. The first kappa shape index (κ1) is 13.2. The molecule has 0 saturated heterocycles. The third-order valence-corrected chi connectivity index (χ3v) is 3.33. The molecule has 2 atom stereocenters. The number of nitrogens with one attached hydrogen (secondary N) is 1. The van der Waals surface area contributed by atoms with Crippen molar-refractivity contribution in [3.05, 3.63) is 35.6 Å². The van der Waals surface area contributed by atoms with Crippen molar-refractivity contribution in [2.75, 3.05) is 13.6 Å². The van der Waals surface area contributed by atoms with Gasteiger partial charge in [-0.15, -0.1) is 0 Å². The summed E-state index contributed by atoms with van der Waals surface area (Å²) < 4.78 is 12.8. The van der Waals surface area contributed by atoms with E-state index < -0.39 is 0 Å². The molecule has 0 aliphatic rings. The molecule has 0 fully saturated rings. The minimum atomic E-state index is -0.155. The molecular weight excluding hydrogens is 201 g/mol. The normalized spacial score (nSPS) is 14.8. The number of hydrogen-bond donors (Lipinski definition) is 1. The quantitative estimate of drug-likeness (QED) is 0.780. The molecular formula is C14H22FN. The molecule has 16 heavy (non-hydrogen) atoms. The van der Waals surface area contributed by atoms with Gasteiger partial charge in [0.1, 0.15) is 5.82 Å². The van der Waals surface area contributed by atoms with Gasteiger partial charge in [-0.3, -0.25) is 0 Å². The lowest BCUT2D eigenvalue weighted by Gasteiger charge is -2.22. The Morgan fingerprint density at radius 2 is 1.88 bits per heavy atom. The Labute approximate surface area is 98.1 Å². The van der Waals surface area contributed by atoms with Gasteiger partial charge in [-0.05, 0) is 49.5 Å². The second-order valence-corrected chi connectivity index (χ2v) is 4.53. The molecule has 0 heterocycles. The second-order valence-electron chi connectivity index (χ2n) is 4.53. The average Bonchev–Trinajstić information content (AvgIpc) is 2.30. The average molecular weight is 223 g/mol. The lowest BCUT2D eigenvalue weighted by molar-refractivity contribution is 0.337. The Hall–Kier alpha value is -0.890. The molecule has 1 aromatic carbocycles. The molecule has 1 aromatic rings. The summed E-state index contributed by atoms with van der Waals surface area (Å²) in [5.74, 6) is 1.16. The fourth-order valence-corrected chi connectivity index (χ4v) is 1.99. The molecule has 1 N–H and O–H groups in total. The maximum atomic E-state index is 12.8. The highest BCUT2D eigenvalue weighted by molar-refractivity contribution is 5.16. The minimum Gasteiger partial charge on any atom is -0.319 e. The zero-order chi connectivity index (χ0) is 12.0. The zero-order valence-electron chi connectivity index (χ0n) is 10.5.